The zero-order chi connectivity index (χ0) is 20.4. The van der Waals surface area contributed by atoms with Crippen molar-refractivity contribution in [2.45, 2.75) is 38.6 Å². The zero-order valence-corrected chi connectivity index (χ0v) is 16.6. The number of allylic oxidation sites excluding steroid dienone is 7. The Balaban J connectivity index is 1.55. The van der Waals surface area contributed by atoms with Gasteiger partial charge in [0.1, 0.15) is 11.3 Å². The highest BCUT2D eigenvalue weighted by atomic mass is 35.5. The highest BCUT2D eigenvalue weighted by Crippen LogP contribution is 2.22. The van der Waals surface area contributed by atoms with Crippen molar-refractivity contribution in [2.24, 2.45) is 0 Å². The summed E-state index contributed by atoms with van der Waals surface area (Å²) < 4.78 is 17.5. The Bertz CT molecular complexity index is 1150. The standard InChI is InChI=1S/C22H21ClFN3O2/c23-16-7-1-2-8-17(16)25-21(28)11-5-13-27-20-14-15(24)6-3-9-18(20)26-12-4-10-19(26)22(27)29/h1,3-4,6-7,10,12,14H,2,5,8-9,11,13H2,(H,25,28). The molecule has 2 aromatic rings. The van der Waals surface area contributed by atoms with Gasteiger partial charge in [-0.25, -0.2) is 4.39 Å². The van der Waals surface area contributed by atoms with Gasteiger partial charge in [0.15, 0.2) is 0 Å². The molecule has 5 nitrogen and oxygen atoms in total. The Kier molecular flexibility index (Phi) is 5.53. The van der Waals surface area contributed by atoms with Gasteiger partial charge in [-0.3, -0.25) is 9.59 Å². The second kappa shape index (κ2) is 8.25. The number of fused-ring (bicyclic) bond motifs is 3. The third kappa shape index (κ3) is 3.98. The van der Waals surface area contributed by atoms with Crippen molar-refractivity contribution in [1.82, 2.24) is 14.3 Å². The summed E-state index contributed by atoms with van der Waals surface area (Å²) in [5, 5.41) is 3.41. The molecule has 0 aliphatic heterocycles. The fourth-order valence-electron chi connectivity index (χ4n) is 3.75. The molecule has 2 heterocycles. The maximum absolute atomic E-state index is 14.1. The van der Waals surface area contributed by atoms with Crippen molar-refractivity contribution in [3.05, 3.63) is 80.9 Å². The Morgan fingerprint density at radius 3 is 2.97 bits per heavy atom. The van der Waals surface area contributed by atoms with E-state index in [0.717, 1.165) is 17.8 Å². The van der Waals surface area contributed by atoms with Crippen LogP contribution in [-0.4, -0.2) is 14.9 Å². The topological polar surface area (TPSA) is 55.5 Å². The highest BCUT2D eigenvalue weighted by molar-refractivity contribution is 6.31. The van der Waals surface area contributed by atoms with Crippen LogP contribution in [0.15, 0.2) is 64.0 Å². The average molecular weight is 414 g/mol. The van der Waals surface area contributed by atoms with Gasteiger partial charge in [-0.05, 0) is 49.6 Å². The molecule has 0 bridgehead atoms. The lowest BCUT2D eigenvalue weighted by Crippen LogP contribution is -2.28. The Labute approximate surface area is 172 Å². The van der Waals surface area contributed by atoms with E-state index in [1.165, 1.54) is 12.2 Å². The molecule has 0 atom stereocenters. The van der Waals surface area contributed by atoms with E-state index >= 15 is 0 Å². The summed E-state index contributed by atoms with van der Waals surface area (Å²) in [7, 11) is 0. The summed E-state index contributed by atoms with van der Waals surface area (Å²) in [6, 6.07) is 3.56. The second-order valence-corrected chi connectivity index (χ2v) is 7.51. The number of carbonyl (C=O) groups is 1. The number of rotatable bonds is 5. The van der Waals surface area contributed by atoms with Gasteiger partial charge in [0, 0.05) is 31.3 Å². The number of halogens is 2. The molecule has 29 heavy (non-hydrogen) atoms. The molecule has 0 unspecified atom stereocenters. The minimum absolute atomic E-state index is 0.139. The lowest BCUT2D eigenvalue weighted by atomic mass is 10.1. The fraction of sp³-hybridized carbons (Fsp3) is 0.273. The van der Waals surface area contributed by atoms with Gasteiger partial charge in [-0.2, -0.15) is 0 Å². The van der Waals surface area contributed by atoms with Gasteiger partial charge in [-0.15, -0.1) is 0 Å². The summed E-state index contributed by atoms with van der Waals surface area (Å²) >= 11 is 6.11. The van der Waals surface area contributed by atoms with Crippen molar-refractivity contribution in [3.8, 4) is 0 Å². The lowest BCUT2D eigenvalue weighted by molar-refractivity contribution is -0.120. The van der Waals surface area contributed by atoms with Crippen molar-refractivity contribution >= 4 is 29.1 Å². The van der Waals surface area contributed by atoms with Crippen LogP contribution in [0.2, 0.25) is 0 Å². The van der Waals surface area contributed by atoms with Crippen LogP contribution in [0.1, 0.15) is 37.1 Å². The van der Waals surface area contributed by atoms with Gasteiger partial charge in [0.25, 0.3) is 5.56 Å². The SMILES string of the molecule is O=C(CCCn1c2c(n3cccc3c1=O)CC=CC(F)=C2)NC1=C(Cl)C=CCC1. The van der Waals surface area contributed by atoms with Crippen molar-refractivity contribution in [2.75, 3.05) is 0 Å². The molecule has 0 radical (unpaired) electrons. The maximum atomic E-state index is 14.1. The van der Waals surface area contributed by atoms with E-state index in [0.29, 0.717) is 42.1 Å². The maximum Gasteiger partial charge on any atom is 0.275 e. The first-order chi connectivity index (χ1) is 14.0. The van der Waals surface area contributed by atoms with Crippen LogP contribution in [0.5, 0.6) is 0 Å². The van der Waals surface area contributed by atoms with Crippen molar-refractivity contribution < 1.29 is 9.18 Å². The number of hydrogen-bond donors (Lipinski definition) is 1. The largest absolute Gasteiger partial charge is 0.328 e. The third-order valence-electron chi connectivity index (χ3n) is 5.14. The predicted octanol–water partition coefficient (Wildman–Crippen LogP) is 4.22. The van der Waals surface area contributed by atoms with Crippen molar-refractivity contribution in [1.29, 1.82) is 0 Å². The van der Waals surface area contributed by atoms with Gasteiger partial charge < -0.3 is 14.3 Å². The van der Waals surface area contributed by atoms with E-state index in [-0.39, 0.29) is 17.9 Å². The number of aromatic nitrogens is 2. The summed E-state index contributed by atoms with van der Waals surface area (Å²) in [5.41, 5.74) is 2.48. The Hall–Kier alpha value is -2.86. The van der Waals surface area contributed by atoms with Crippen LogP contribution < -0.4 is 10.9 Å². The molecule has 2 aliphatic rings. The number of nitrogens with one attached hydrogen (secondary N) is 1. The van der Waals surface area contributed by atoms with Gasteiger partial charge >= 0.3 is 0 Å². The first-order valence-electron chi connectivity index (χ1n) is 9.66. The van der Waals surface area contributed by atoms with Gasteiger partial charge in [0.05, 0.1) is 16.4 Å². The molecular formula is C22H21ClFN3O2. The second-order valence-electron chi connectivity index (χ2n) is 7.11. The normalized spacial score (nSPS) is 16.0. The predicted molar refractivity (Wildman–Crippen MR) is 112 cm³/mol. The molecule has 0 fully saturated rings. The van der Waals surface area contributed by atoms with E-state index < -0.39 is 5.83 Å². The summed E-state index contributed by atoms with van der Waals surface area (Å²) in [5.74, 6) is -0.534. The first-order valence-corrected chi connectivity index (χ1v) is 10.0. The number of hydrogen-bond acceptors (Lipinski definition) is 2. The minimum Gasteiger partial charge on any atom is -0.328 e. The molecule has 4 rings (SSSR count). The highest BCUT2D eigenvalue weighted by Gasteiger charge is 2.17. The van der Waals surface area contributed by atoms with Crippen molar-refractivity contribution in [3.63, 3.8) is 0 Å². The van der Waals surface area contributed by atoms with Gasteiger partial charge in [0.2, 0.25) is 5.91 Å². The van der Waals surface area contributed by atoms with E-state index in [1.54, 1.807) is 28.9 Å². The van der Waals surface area contributed by atoms with E-state index in [9.17, 15) is 14.0 Å². The van der Waals surface area contributed by atoms with Crippen LogP contribution in [0.3, 0.4) is 0 Å². The molecule has 0 saturated carbocycles. The quantitative estimate of drug-likeness (QED) is 0.797. The number of carbonyl (C=O) groups excluding carboxylic acids is 1. The van der Waals surface area contributed by atoms with Crippen LogP contribution in [0.4, 0.5) is 4.39 Å². The lowest BCUT2D eigenvalue weighted by Gasteiger charge is -2.17. The molecule has 0 aromatic carbocycles. The molecule has 2 aromatic heterocycles. The van der Waals surface area contributed by atoms with Crippen LogP contribution in [0.25, 0.3) is 11.6 Å². The third-order valence-corrected chi connectivity index (χ3v) is 5.50. The summed E-state index contributed by atoms with van der Waals surface area (Å²) in [6.07, 6.45) is 12.9. The molecule has 2 aliphatic carbocycles. The molecule has 1 amide bonds. The van der Waals surface area contributed by atoms with E-state index in [4.69, 9.17) is 11.6 Å². The number of amides is 1. The average Bonchev–Trinajstić information content (AvgIpc) is 3.10. The minimum atomic E-state index is -0.395. The monoisotopic (exact) mass is 413 g/mol. The molecule has 150 valence electrons. The van der Waals surface area contributed by atoms with E-state index in [1.807, 2.05) is 16.7 Å². The van der Waals surface area contributed by atoms with Gasteiger partial charge in [-0.1, -0.05) is 23.8 Å². The molecule has 1 N–H and O–H groups in total. The smallest absolute Gasteiger partial charge is 0.275 e. The van der Waals surface area contributed by atoms with E-state index in [2.05, 4.69) is 5.32 Å². The van der Waals surface area contributed by atoms with Crippen LogP contribution in [-0.2, 0) is 17.8 Å². The fourth-order valence-corrected chi connectivity index (χ4v) is 3.98. The Morgan fingerprint density at radius 2 is 2.14 bits per heavy atom. The summed E-state index contributed by atoms with van der Waals surface area (Å²) in [6.45, 7) is 0.326. The number of nitrogens with zero attached hydrogens (tertiary/aromatic N) is 2. The van der Waals surface area contributed by atoms with Crippen LogP contribution >= 0.6 is 11.6 Å². The molecule has 0 saturated heterocycles. The molecule has 7 heteroatoms. The first kappa shape index (κ1) is 19.5. The summed E-state index contributed by atoms with van der Waals surface area (Å²) in [4.78, 5) is 25.3. The molecule has 0 spiro atoms. The molecular weight excluding hydrogens is 393 g/mol. The Morgan fingerprint density at radius 1 is 1.28 bits per heavy atom. The zero-order valence-electron chi connectivity index (χ0n) is 15.8. The van der Waals surface area contributed by atoms with Crippen LogP contribution in [0, 0.1) is 0 Å².